The van der Waals surface area contributed by atoms with Crippen LogP contribution in [0.1, 0.15) is 12.0 Å². The van der Waals surface area contributed by atoms with Crippen molar-refractivity contribution in [1.29, 1.82) is 0 Å². The third kappa shape index (κ3) is 8.03. The maximum Gasteiger partial charge on any atom is 0.191 e. The van der Waals surface area contributed by atoms with Crippen LogP contribution in [0, 0.1) is 5.82 Å². The molecule has 5 nitrogen and oxygen atoms in total. The van der Waals surface area contributed by atoms with Crippen molar-refractivity contribution in [2.45, 2.75) is 13.0 Å². The molecule has 0 amide bonds. The van der Waals surface area contributed by atoms with Gasteiger partial charge in [-0.1, -0.05) is 24.3 Å². The van der Waals surface area contributed by atoms with E-state index in [9.17, 15) is 4.39 Å². The highest BCUT2D eigenvalue weighted by Crippen LogP contribution is 2.18. The normalized spacial score (nSPS) is 10.7. The molecule has 148 valence electrons. The van der Waals surface area contributed by atoms with Crippen LogP contribution >= 0.6 is 24.0 Å². The highest BCUT2D eigenvalue weighted by atomic mass is 127. The number of hydrogen-bond donors (Lipinski definition) is 2. The third-order valence-corrected chi connectivity index (χ3v) is 3.80. The van der Waals surface area contributed by atoms with Gasteiger partial charge < -0.3 is 20.3 Å². The van der Waals surface area contributed by atoms with Crippen LogP contribution in [0.25, 0.3) is 0 Å². The summed E-state index contributed by atoms with van der Waals surface area (Å²) in [5.41, 5.74) is 1.44. The molecule has 0 radical (unpaired) electrons. The standard InChI is InChI=1S/C20H27FN4O.HI/c1-22-20(23-12-7-13-26-17-8-5-4-6-9-17)24-15-16-10-11-19(25(2)3)18(21)14-16;/h4-6,8-11,14H,7,12-13,15H2,1-3H3,(H2,22,23,24);1H. The maximum absolute atomic E-state index is 14.0. The van der Waals surface area contributed by atoms with Gasteiger partial charge in [0, 0.05) is 34.2 Å². The van der Waals surface area contributed by atoms with E-state index in [2.05, 4.69) is 15.6 Å². The molecule has 2 aromatic rings. The summed E-state index contributed by atoms with van der Waals surface area (Å²) in [6.07, 6.45) is 0.849. The molecule has 0 bridgehead atoms. The van der Waals surface area contributed by atoms with E-state index in [1.165, 1.54) is 0 Å². The molecule has 0 saturated carbocycles. The number of rotatable bonds is 8. The third-order valence-electron chi connectivity index (χ3n) is 3.80. The van der Waals surface area contributed by atoms with Crippen LogP contribution in [-0.4, -0.2) is 40.3 Å². The van der Waals surface area contributed by atoms with Crippen molar-refractivity contribution in [2.75, 3.05) is 39.2 Å². The summed E-state index contributed by atoms with van der Waals surface area (Å²) in [4.78, 5) is 5.93. The van der Waals surface area contributed by atoms with Crippen molar-refractivity contribution in [3.05, 3.63) is 59.9 Å². The van der Waals surface area contributed by atoms with E-state index < -0.39 is 0 Å². The Labute approximate surface area is 178 Å². The minimum atomic E-state index is -0.227. The lowest BCUT2D eigenvalue weighted by Crippen LogP contribution is -2.37. The van der Waals surface area contributed by atoms with Gasteiger partial charge in [-0.25, -0.2) is 4.39 Å². The number of halogens is 2. The van der Waals surface area contributed by atoms with Gasteiger partial charge in [0.15, 0.2) is 5.96 Å². The van der Waals surface area contributed by atoms with Gasteiger partial charge in [-0.15, -0.1) is 24.0 Å². The van der Waals surface area contributed by atoms with Crippen molar-refractivity contribution in [2.24, 2.45) is 4.99 Å². The molecule has 0 saturated heterocycles. The molecule has 0 atom stereocenters. The Kier molecular flexibility index (Phi) is 10.5. The SMILES string of the molecule is CN=C(NCCCOc1ccccc1)NCc1ccc(N(C)C)c(F)c1.I. The van der Waals surface area contributed by atoms with Gasteiger partial charge in [-0.05, 0) is 36.2 Å². The number of hydrogen-bond acceptors (Lipinski definition) is 3. The summed E-state index contributed by atoms with van der Waals surface area (Å²) >= 11 is 0. The fraction of sp³-hybridized carbons (Fsp3) is 0.350. The van der Waals surface area contributed by atoms with Crippen LogP contribution in [0.3, 0.4) is 0 Å². The monoisotopic (exact) mass is 486 g/mol. The molecule has 2 rings (SSSR count). The lowest BCUT2D eigenvalue weighted by molar-refractivity contribution is 0.311. The Morgan fingerprint density at radius 3 is 2.48 bits per heavy atom. The lowest BCUT2D eigenvalue weighted by atomic mass is 10.2. The minimum Gasteiger partial charge on any atom is -0.494 e. The zero-order chi connectivity index (χ0) is 18.8. The first-order valence-electron chi connectivity index (χ1n) is 8.68. The average Bonchev–Trinajstić information content (AvgIpc) is 2.64. The Balaban J connectivity index is 0.00000364. The number of benzene rings is 2. The summed E-state index contributed by atoms with van der Waals surface area (Å²) < 4.78 is 19.7. The molecule has 2 aromatic carbocycles. The first kappa shape index (κ1) is 23.0. The molecular formula is C20H28FIN4O. The summed E-state index contributed by atoms with van der Waals surface area (Å²) in [7, 11) is 5.36. The molecule has 0 fully saturated rings. The van der Waals surface area contributed by atoms with Crippen LogP contribution in [0.5, 0.6) is 5.75 Å². The fourth-order valence-corrected chi connectivity index (χ4v) is 2.42. The first-order chi connectivity index (χ1) is 12.6. The lowest BCUT2D eigenvalue weighted by Gasteiger charge is -2.15. The summed E-state index contributed by atoms with van der Waals surface area (Å²) in [5.74, 6) is 1.33. The second kappa shape index (κ2) is 12.4. The van der Waals surface area contributed by atoms with Gasteiger partial charge in [0.25, 0.3) is 0 Å². The van der Waals surface area contributed by atoms with E-state index >= 15 is 0 Å². The van der Waals surface area contributed by atoms with E-state index in [4.69, 9.17) is 4.74 Å². The zero-order valence-electron chi connectivity index (χ0n) is 16.0. The van der Waals surface area contributed by atoms with E-state index in [-0.39, 0.29) is 29.8 Å². The predicted octanol–water partition coefficient (Wildman–Crippen LogP) is 3.64. The van der Waals surface area contributed by atoms with Gasteiger partial charge >= 0.3 is 0 Å². The smallest absolute Gasteiger partial charge is 0.191 e. The van der Waals surface area contributed by atoms with Gasteiger partial charge in [0.05, 0.1) is 12.3 Å². The van der Waals surface area contributed by atoms with Crippen molar-refractivity contribution >= 4 is 35.6 Å². The number of guanidine groups is 1. The van der Waals surface area contributed by atoms with E-state index in [0.717, 1.165) is 24.3 Å². The van der Waals surface area contributed by atoms with E-state index in [0.29, 0.717) is 24.8 Å². The van der Waals surface area contributed by atoms with E-state index in [1.54, 1.807) is 24.1 Å². The second-order valence-corrected chi connectivity index (χ2v) is 6.05. The van der Waals surface area contributed by atoms with Gasteiger partial charge in [-0.3, -0.25) is 4.99 Å². The quantitative estimate of drug-likeness (QED) is 0.259. The average molecular weight is 486 g/mol. The fourth-order valence-electron chi connectivity index (χ4n) is 2.42. The van der Waals surface area contributed by atoms with Crippen LogP contribution in [-0.2, 0) is 6.54 Å². The Hall–Kier alpha value is -2.03. The topological polar surface area (TPSA) is 48.9 Å². The molecular weight excluding hydrogens is 458 g/mol. The van der Waals surface area contributed by atoms with E-state index in [1.807, 2.05) is 50.5 Å². The molecule has 7 heteroatoms. The van der Waals surface area contributed by atoms with Crippen LogP contribution in [0.4, 0.5) is 10.1 Å². The van der Waals surface area contributed by atoms with Crippen molar-refractivity contribution in [3.63, 3.8) is 0 Å². The molecule has 0 aromatic heterocycles. The Morgan fingerprint density at radius 1 is 1.11 bits per heavy atom. The maximum atomic E-state index is 14.0. The molecule has 0 spiro atoms. The molecule has 0 aliphatic rings. The number of nitrogens with one attached hydrogen (secondary N) is 2. The number of aliphatic imine (C=N–C) groups is 1. The Bertz CT molecular complexity index is 710. The summed E-state index contributed by atoms with van der Waals surface area (Å²) in [6.45, 7) is 1.87. The van der Waals surface area contributed by atoms with Crippen molar-refractivity contribution < 1.29 is 9.13 Å². The molecule has 0 heterocycles. The van der Waals surface area contributed by atoms with Crippen LogP contribution in [0.15, 0.2) is 53.5 Å². The van der Waals surface area contributed by atoms with Crippen molar-refractivity contribution in [3.8, 4) is 5.75 Å². The molecule has 0 aliphatic heterocycles. The summed E-state index contributed by atoms with van der Waals surface area (Å²) in [6, 6.07) is 15.0. The largest absolute Gasteiger partial charge is 0.494 e. The van der Waals surface area contributed by atoms with Crippen LogP contribution in [0.2, 0.25) is 0 Å². The molecule has 27 heavy (non-hydrogen) atoms. The number of anilines is 1. The molecule has 0 unspecified atom stereocenters. The molecule has 2 N–H and O–H groups in total. The summed E-state index contributed by atoms with van der Waals surface area (Å²) in [5, 5.41) is 6.42. The zero-order valence-corrected chi connectivity index (χ0v) is 18.4. The number of para-hydroxylation sites is 1. The van der Waals surface area contributed by atoms with Crippen LogP contribution < -0.4 is 20.3 Å². The Morgan fingerprint density at radius 2 is 1.85 bits per heavy atom. The van der Waals surface area contributed by atoms with Gasteiger partial charge in [0.1, 0.15) is 11.6 Å². The minimum absolute atomic E-state index is 0. The second-order valence-electron chi connectivity index (χ2n) is 6.05. The predicted molar refractivity (Wildman–Crippen MR) is 121 cm³/mol. The molecule has 0 aliphatic carbocycles. The first-order valence-corrected chi connectivity index (χ1v) is 8.68. The number of ether oxygens (including phenoxy) is 1. The highest BCUT2D eigenvalue weighted by Gasteiger charge is 2.06. The van der Waals surface area contributed by atoms with Crippen molar-refractivity contribution in [1.82, 2.24) is 10.6 Å². The van der Waals surface area contributed by atoms with Gasteiger partial charge in [-0.2, -0.15) is 0 Å². The number of nitrogens with zero attached hydrogens (tertiary/aromatic N) is 2. The highest BCUT2D eigenvalue weighted by molar-refractivity contribution is 14.0. The van der Waals surface area contributed by atoms with Gasteiger partial charge in [0.2, 0.25) is 0 Å².